The Morgan fingerprint density at radius 3 is 2.82 bits per heavy atom. The summed E-state index contributed by atoms with van der Waals surface area (Å²) >= 11 is 0. The van der Waals surface area contributed by atoms with Gasteiger partial charge < -0.3 is 5.73 Å². The second kappa shape index (κ2) is 6.03. The van der Waals surface area contributed by atoms with Crippen LogP contribution < -0.4 is 5.73 Å². The van der Waals surface area contributed by atoms with Gasteiger partial charge >= 0.3 is 0 Å². The van der Waals surface area contributed by atoms with E-state index in [9.17, 15) is 0 Å². The highest BCUT2D eigenvalue weighted by molar-refractivity contribution is 5.78. The molecule has 2 rings (SSSR count). The Kier molecular flexibility index (Phi) is 4.12. The van der Waals surface area contributed by atoms with Gasteiger partial charge in [0.25, 0.3) is 0 Å². The molecule has 0 amide bonds. The van der Waals surface area contributed by atoms with Crippen LogP contribution in [0.3, 0.4) is 0 Å². The molecular weight excluding hydrogens is 208 g/mol. The van der Waals surface area contributed by atoms with Crippen molar-refractivity contribution in [1.82, 2.24) is 4.98 Å². The summed E-state index contributed by atoms with van der Waals surface area (Å²) in [6.45, 7) is 0.746. The number of fused-ring (bicyclic) bond motifs is 1. The molecule has 0 radical (unpaired) electrons. The van der Waals surface area contributed by atoms with E-state index in [4.69, 9.17) is 5.73 Å². The molecule has 1 aromatic heterocycles. The van der Waals surface area contributed by atoms with Crippen molar-refractivity contribution in [2.75, 3.05) is 6.54 Å². The second-order valence-electron chi connectivity index (χ2n) is 3.94. The average molecular weight is 224 g/mol. The molecule has 0 bridgehead atoms. The molecule has 0 unspecified atom stereocenters. The predicted octanol–water partition coefficient (Wildman–Crippen LogP) is 2.72. The number of hydrogen-bond acceptors (Lipinski definition) is 2. The van der Waals surface area contributed by atoms with E-state index in [1.807, 2.05) is 24.3 Å². The van der Waals surface area contributed by atoms with E-state index in [0.717, 1.165) is 42.4 Å². The summed E-state index contributed by atoms with van der Waals surface area (Å²) in [4.78, 5) is 4.49. The molecule has 0 saturated heterocycles. The first kappa shape index (κ1) is 11.6. The summed E-state index contributed by atoms with van der Waals surface area (Å²) in [5.74, 6) is 6.23. The standard InChI is InChI=1S/C15H16N2/c16-12-6-2-1-3-8-14-11-10-13-7-4-5-9-15(13)17-14/h4-5,7,9-11H,1-2,6,12,16H2. The van der Waals surface area contributed by atoms with Gasteiger partial charge in [-0.2, -0.15) is 0 Å². The summed E-state index contributed by atoms with van der Waals surface area (Å²) in [5, 5.41) is 1.15. The molecule has 0 aliphatic heterocycles. The van der Waals surface area contributed by atoms with Gasteiger partial charge in [0.1, 0.15) is 5.69 Å². The lowest BCUT2D eigenvalue weighted by Gasteiger charge is -1.96. The molecule has 1 aromatic carbocycles. The number of nitrogens with zero attached hydrogens (tertiary/aromatic N) is 1. The zero-order valence-corrected chi connectivity index (χ0v) is 9.82. The van der Waals surface area contributed by atoms with Crippen LogP contribution in [-0.2, 0) is 0 Å². The molecule has 2 nitrogen and oxygen atoms in total. The van der Waals surface area contributed by atoms with Crippen molar-refractivity contribution >= 4 is 10.9 Å². The van der Waals surface area contributed by atoms with Crippen molar-refractivity contribution in [2.45, 2.75) is 19.3 Å². The van der Waals surface area contributed by atoms with Crippen LogP contribution in [0.2, 0.25) is 0 Å². The fourth-order valence-electron chi connectivity index (χ4n) is 1.65. The number of benzene rings is 1. The molecule has 0 aliphatic carbocycles. The number of para-hydroxylation sites is 1. The first-order valence-electron chi connectivity index (χ1n) is 5.95. The van der Waals surface area contributed by atoms with Gasteiger partial charge in [-0.3, -0.25) is 0 Å². The average Bonchev–Trinajstić information content (AvgIpc) is 2.38. The fourth-order valence-corrected chi connectivity index (χ4v) is 1.65. The minimum atomic E-state index is 0.746. The topological polar surface area (TPSA) is 38.9 Å². The van der Waals surface area contributed by atoms with Gasteiger partial charge in [0.05, 0.1) is 5.52 Å². The smallest absolute Gasteiger partial charge is 0.113 e. The Hall–Kier alpha value is -1.85. The number of hydrogen-bond donors (Lipinski definition) is 1. The zero-order chi connectivity index (χ0) is 11.9. The first-order valence-corrected chi connectivity index (χ1v) is 5.95. The number of rotatable bonds is 3. The van der Waals surface area contributed by atoms with E-state index in [1.54, 1.807) is 0 Å². The van der Waals surface area contributed by atoms with Crippen LogP contribution >= 0.6 is 0 Å². The Morgan fingerprint density at radius 1 is 1.06 bits per heavy atom. The van der Waals surface area contributed by atoms with E-state index in [-0.39, 0.29) is 0 Å². The minimum absolute atomic E-state index is 0.746. The Bertz CT molecular complexity index is 549. The number of unbranched alkanes of at least 4 members (excludes halogenated alkanes) is 2. The van der Waals surface area contributed by atoms with Crippen LogP contribution in [0.25, 0.3) is 10.9 Å². The highest BCUT2D eigenvalue weighted by Gasteiger charge is 1.93. The predicted molar refractivity (Wildman–Crippen MR) is 71.5 cm³/mol. The summed E-state index contributed by atoms with van der Waals surface area (Å²) in [5.41, 5.74) is 7.27. The molecule has 0 spiro atoms. The maximum Gasteiger partial charge on any atom is 0.113 e. The Balaban J connectivity index is 2.08. The molecule has 2 heteroatoms. The summed E-state index contributed by atoms with van der Waals surface area (Å²) in [7, 11) is 0. The van der Waals surface area contributed by atoms with Crippen molar-refractivity contribution in [3.63, 3.8) is 0 Å². The van der Waals surface area contributed by atoms with Gasteiger partial charge in [-0.05, 0) is 37.4 Å². The second-order valence-corrected chi connectivity index (χ2v) is 3.94. The lowest BCUT2D eigenvalue weighted by Crippen LogP contribution is -1.96. The number of pyridine rings is 1. The zero-order valence-electron chi connectivity index (χ0n) is 9.82. The number of nitrogens with two attached hydrogens (primary N) is 1. The third-order valence-electron chi connectivity index (χ3n) is 2.57. The summed E-state index contributed by atoms with van der Waals surface area (Å²) in [6, 6.07) is 12.1. The maximum absolute atomic E-state index is 5.42. The van der Waals surface area contributed by atoms with Gasteiger partial charge in [0, 0.05) is 11.8 Å². The lowest BCUT2D eigenvalue weighted by molar-refractivity contribution is 0.767. The Labute approximate surface area is 102 Å². The van der Waals surface area contributed by atoms with Gasteiger partial charge in [0.2, 0.25) is 0 Å². The highest BCUT2D eigenvalue weighted by atomic mass is 14.7. The van der Waals surface area contributed by atoms with Gasteiger partial charge in [0.15, 0.2) is 0 Å². The lowest BCUT2D eigenvalue weighted by atomic mass is 10.2. The molecule has 0 saturated carbocycles. The van der Waals surface area contributed by atoms with E-state index < -0.39 is 0 Å². The van der Waals surface area contributed by atoms with Gasteiger partial charge in [-0.1, -0.05) is 30.2 Å². The van der Waals surface area contributed by atoms with Crippen molar-refractivity contribution in [2.24, 2.45) is 5.73 Å². The van der Waals surface area contributed by atoms with Crippen molar-refractivity contribution < 1.29 is 0 Å². The van der Waals surface area contributed by atoms with Gasteiger partial charge in [-0.15, -0.1) is 0 Å². The molecule has 17 heavy (non-hydrogen) atoms. The van der Waals surface area contributed by atoms with Crippen LogP contribution in [0, 0.1) is 11.8 Å². The van der Waals surface area contributed by atoms with Crippen LogP contribution in [0.1, 0.15) is 25.0 Å². The largest absolute Gasteiger partial charge is 0.330 e. The maximum atomic E-state index is 5.42. The van der Waals surface area contributed by atoms with E-state index >= 15 is 0 Å². The third kappa shape index (κ3) is 3.30. The molecule has 2 N–H and O–H groups in total. The van der Waals surface area contributed by atoms with Crippen molar-refractivity contribution in [3.8, 4) is 11.8 Å². The van der Waals surface area contributed by atoms with E-state index in [1.165, 1.54) is 0 Å². The molecule has 0 fully saturated rings. The first-order chi connectivity index (χ1) is 8.40. The Morgan fingerprint density at radius 2 is 1.94 bits per heavy atom. The number of aromatic nitrogens is 1. The summed E-state index contributed by atoms with van der Waals surface area (Å²) < 4.78 is 0. The van der Waals surface area contributed by atoms with Crippen LogP contribution in [0.4, 0.5) is 0 Å². The SMILES string of the molecule is NCCCCC#Cc1ccc2ccccc2n1. The van der Waals surface area contributed by atoms with E-state index in [0.29, 0.717) is 0 Å². The fraction of sp³-hybridized carbons (Fsp3) is 0.267. The van der Waals surface area contributed by atoms with Gasteiger partial charge in [-0.25, -0.2) is 4.98 Å². The molecule has 1 heterocycles. The van der Waals surface area contributed by atoms with E-state index in [2.05, 4.69) is 29.0 Å². The molecule has 86 valence electrons. The minimum Gasteiger partial charge on any atom is -0.330 e. The van der Waals surface area contributed by atoms with Crippen LogP contribution in [-0.4, -0.2) is 11.5 Å². The highest BCUT2D eigenvalue weighted by Crippen LogP contribution is 2.11. The van der Waals surface area contributed by atoms with Crippen LogP contribution in [0.15, 0.2) is 36.4 Å². The molecular formula is C15H16N2. The molecule has 2 aromatic rings. The monoisotopic (exact) mass is 224 g/mol. The quantitative estimate of drug-likeness (QED) is 0.643. The van der Waals surface area contributed by atoms with Crippen LogP contribution in [0.5, 0.6) is 0 Å². The molecule has 0 aliphatic rings. The summed E-state index contributed by atoms with van der Waals surface area (Å²) in [6.07, 6.45) is 3.00. The normalized spacial score (nSPS) is 9.94. The van der Waals surface area contributed by atoms with Crippen molar-refractivity contribution in [3.05, 3.63) is 42.1 Å². The molecule has 0 atom stereocenters. The third-order valence-corrected chi connectivity index (χ3v) is 2.57. The van der Waals surface area contributed by atoms with Crippen molar-refractivity contribution in [1.29, 1.82) is 0 Å².